The van der Waals surface area contributed by atoms with Crippen LogP contribution in [0.1, 0.15) is 43.6 Å². The van der Waals surface area contributed by atoms with E-state index in [4.69, 9.17) is 5.11 Å². The molecule has 1 amide bonds. The Labute approximate surface area is 134 Å². The number of nitrogens with one attached hydrogen (secondary N) is 2. The van der Waals surface area contributed by atoms with Crippen molar-refractivity contribution in [3.05, 3.63) is 42.1 Å². The molecule has 0 atom stereocenters. The number of aliphatic carboxylic acids is 1. The molecule has 0 bridgehead atoms. The highest BCUT2D eigenvalue weighted by atomic mass is 16.4. The van der Waals surface area contributed by atoms with Gasteiger partial charge in [0.05, 0.1) is 17.7 Å². The Kier molecular flexibility index (Phi) is 5.16. The van der Waals surface area contributed by atoms with E-state index < -0.39 is 11.5 Å². The van der Waals surface area contributed by atoms with E-state index in [-0.39, 0.29) is 12.3 Å². The summed E-state index contributed by atoms with van der Waals surface area (Å²) >= 11 is 0. The van der Waals surface area contributed by atoms with E-state index in [1.54, 1.807) is 6.07 Å². The van der Waals surface area contributed by atoms with Crippen molar-refractivity contribution in [1.29, 1.82) is 0 Å². The number of carboxylic acids is 1. The van der Waals surface area contributed by atoms with Crippen LogP contribution in [0, 0.1) is 0 Å². The molecule has 0 saturated heterocycles. The van der Waals surface area contributed by atoms with E-state index in [9.17, 15) is 9.59 Å². The SMILES string of the molecule is CCC(CC)(CC(=O)O)NC(=O)c1cc(-c2ccccc2)n[nH]1. The normalized spacial score (nSPS) is 11.2. The minimum absolute atomic E-state index is 0.106. The molecule has 0 aliphatic heterocycles. The third kappa shape index (κ3) is 3.97. The number of aromatic amines is 1. The quantitative estimate of drug-likeness (QED) is 0.732. The molecule has 6 heteroatoms. The van der Waals surface area contributed by atoms with Gasteiger partial charge in [0.15, 0.2) is 0 Å². The van der Waals surface area contributed by atoms with Crippen LogP contribution in [0.4, 0.5) is 0 Å². The molecule has 1 aromatic heterocycles. The van der Waals surface area contributed by atoms with Crippen LogP contribution in [0.3, 0.4) is 0 Å². The molecule has 0 aliphatic carbocycles. The van der Waals surface area contributed by atoms with Crippen molar-refractivity contribution in [2.75, 3.05) is 0 Å². The first-order valence-electron chi connectivity index (χ1n) is 7.65. The molecule has 1 heterocycles. The maximum Gasteiger partial charge on any atom is 0.305 e. The third-order valence-electron chi connectivity index (χ3n) is 4.11. The monoisotopic (exact) mass is 315 g/mol. The number of carbonyl (C=O) groups is 2. The Bertz CT molecular complexity index is 675. The average Bonchev–Trinajstić information content (AvgIpc) is 3.04. The topological polar surface area (TPSA) is 95.1 Å². The van der Waals surface area contributed by atoms with Crippen LogP contribution in [-0.2, 0) is 4.79 Å². The summed E-state index contributed by atoms with van der Waals surface area (Å²) in [6, 6.07) is 11.2. The largest absolute Gasteiger partial charge is 0.481 e. The highest BCUT2D eigenvalue weighted by Gasteiger charge is 2.31. The van der Waals surface area contributed by atoms with Gasteiger partial charge in [-0.1, -0.05) is 44.2 Å². The second-order valence-corrected chi connectivity index (χ2v) is 5.54. The zero-order chi connectivity index (χ0) is 16.9. The summed E-state index contributed by atoms with van der Waals surface area (Å²) in [5, 5.41) is 18.8. The standard InChI is InChI=1S/C17H21N3O3/c1-3-17(4-2,11-15(21)22)18-16(23)14-10-13(19-20-14)12-8-6-5-7-9-12/h5-10H,3-4,11H2,1-2H3,(H,18,23)(H,19,20)(H,21,22). The first-order chi connectivity index (χ1) is 11.0. The van der Waals surface area contributed by atoms with Crippen molar-refractivity contribution in [3.8, 4) is 11.3 Å². The van der Waals surface area contributed by atoms with Crippen LogP contribution in [-0.4, -0.2) is 32.7 Å². The lowest BCUT2D eigenvalue weighted by atomic mass is 9.89. The number of amides is 1. The van der Waals surface area contributed by atoms with Crippen molar-refractivity contribution < 1.29 is 14.7 Å². The van der Waals surface area contributed by atoms with Crippen LogP contribution in [0.2, 0.25) is 0 Å². The molecule has 6 nitrogen and oxygen atoms in total. The van der Waals surface area contributed by atoms with E-state index in [1.165, 1.54) is 0 Å². The van der Waals surface area contributed by atoms with Crippen molar-refractivity contribution in [2.45, 2.75) is 38.6 Å². The molecule has 2 aromatic rings. The van der Waals surface area contributed by atoms with Gasteiger partial charge in [0.25, 0.3) is 5.91 Å². The predicted molar refractivity (Wildman–Crippen MR) is 87.1 cm³/mol. The molecule has 0 spiro atoms. The Morgan fingerprint density at radius 2 is 1.87 bits per heavy atom. The van der Waals surface area contributed by atoms with Gasteiger partial charge >= 0.3 is 5.97 Å². The molecular formula is C17H21N3O3. The van der Waals surface area contributed by atoms with Crippen molar-refractivity contribution in [3.63, 3.8) is 0 Å². The molecule has 0 saturated carbocycles. The minimum atomic E-state index is -0.927. The van der Waals surface area contributed by atoms with Gasteiger partial charge in [-0.15, -0.1) is 0 Å². The molecule has 3 N–H and O–H groups in total. The highest BCUT2D eigenvalue weighted by Crippen LogP contribution is 2.22. The lowest BCUT2D eigenvalue weighted by Crippen LogP contribution is -2.49. The fraction of sp³-hybridized carbons (Fsp3) is 0.353. The maximum atomic E-state index is 12.4. The molecule has 0 aliphatic rings. The van der Waals surface area contributed by atoms with E-state index in [0.29, 0.717) is 24.2 Å². The van der Waals surface area contributed by atoms with E-state index >= 15 is 0 Å². The number of benzene rings is 1. The molecule has 0 unspecified atom stereocenters. The summed E-state index contributed by atoms with van der Waals surface area (Å²) in [6.07, 6.45) is 0.980. The summed E-state index contributed by atoms with van der Waals surface area (Å²) < 4.78 is 0. The Morgan fingerprint density at radius 1 is 1.22 bits per heavy atom. The fourth-order valence-electron chi connectivity index (χ4n) is 2.51. The van der Waals surface area contributed by atoms with Gasteiger partial charge in [-0.05, 0) is 18.9 Å². The molecule has 2 rings (SSSR count). The van der Waals surface area contributed by atoms with Crippen molar-refractivity contribution >= 4 is 11.9 Å². The van der Waals surface area contributed by atoms with Gasteiger partial charge in [-0.3, -0.25) is 14.7 Å². The van der Waals surface area contributed by atoms with Crippen LogP contribution in [0.25, 0.3) is 11.3 Å². The predicted octanol–water partition coefficient (Wildman–Crippen LogP) is 2.84. The summed E-state index contributed by atoms with van der Waals surface area (Å²) in [4.78, 5) is 23.5. The molecule has 23 heavy (non-hydrogen) atoms. The first kappa shape index (κ1) is 16.7. The van der Waals surface area contributed by atoms with Crippen molar-refractivity contribution in [2.24, 2.45) is 0 Å². The molecule has 122 valence electrons. The van der Waals surface area contributed by atoms with Gasteiger partial charge in [0.1, 0.15) is 5.69 Å². The number of H-pyrrole nitrogens is 1. The molecular weight excluding hydrogens is 294 g/mol. The van der Waals surface area contributed by atoms with E-state index in [1.807, 2.05) is 44.2 Å². The van der Waals surface area contributed by atoms with E-state index in [2.05, 4.69) is 15.5 Å². The fourth-order valence-corrected chi connectivity index (χ4v) is 2.51. The molecule has 0 fully saturated rings. The second kappa shape index (κ2) is 7.09. The maximum absolute atomic E-state index is 12.4. The highest BCUT2D eigenvalue weighted by molar-refractivity contribution is 5.94. The lowest BCUT2D eigenvalue weighted by Gasteiger charge is -2.31. The summed E-state index contributed by atoms with van der Waals surface area (Å²) in [7, 11) is 0. The number of aromatic nitrogens is 2. The number of nitrogens with zero attached hydrogens (tertiary/aromatic N) is 1. The number of rotatable bonds is 7. The molecule has 0 radical (unpaired) electrons. The van der Waals surface area contributed by atoms with Gasteiger partial charge in [0, 0.05) is 5.56 Å². The number of hydrogen-bond donors (Lipinski definition) is 3. The van der Waals surface area contributed by atoms with Gasteiger partial charge < -0.3 is 10.4 Å². The summed E-state index contributed by atoms with van der Waals surface area (Å²) in [5.74, 6) is -1.27. The van der Waals surface area contributed by atoms with Crippen LogP contribution < -0.4 is 5.32 Å². The summed E-state index contributed by atoms with van der Waals surface area (Å²) in [5.41, 5.74) is 1.15. The van der Waals surface area contributed by atoms with Gasteiger partial charge in [-0.2, -0.15) is 5.10 Å². The average molecular weight is 315 g/mol. The van der Waals surface area contributed by atoms with E-state index in [0.717, 1.165) is 5.56 Å². The minimum Gasteiger partial charge on any atom is -0.481 e. The number of carboxylic acid groups (broad SMARTS) is 1. The number of carbonyl (C=O) groups excluding carboxylic acids is 1. The Hall–Kier alpha value is -2.63. The van der Waals surface area contributed by atoms with Crippen LogP contribution in [0.15, 0.2) is 36.4 Å². The smallest absolute Gasteiger partial charge is 0.305 e. The zero-order valence-electron chi connectivity index (χ0n) is 13.3. The van der Waals surface area contributed by atoms with Gasteiger partial charge in [0.2, 0.25) is 0 Å². The van der Waals surface area contributed by atoms with Crippen LogP contribution >= 0.6 is 0 Å². The van der Waals surface area contributed by atoms with Gasteiger partial charge in [-0.25, -0.2) is 0 Å². The Balaban J connectivity index is 2.17. The van der Waals surface area contributed by atoms with Crippen molar-refractivity contribution in [1.82, 2.24) is 15.5 Å². The second-order valence-electron chi connectivity index (χ2n) is 5.54. The zero-order valence-corrected chi connectivity index (χ0v) is 13.3. The molecule has 1 aromatic carbocycles. The Morgan fingerprint density at radius 3 is 2.43 bits per heavy atom. The lowest BCUT2D eigenvalue weighted by molar-refractivity contribution is -0.138. The third-order valence-corrected chi connectivity index (χ3v) is 4.11. The number of hydrogen-bond acceptors (Lipinski definition) is 3. The first-order valence-corrected chi connectivity index (χ1v) is 7.65. The van der Waals surface area contributed by atoms with Crippen LogP contribution in [0.5, 0.6) is 0 Å². The summed E-state index contributed by atoms with van der Waals surface area (Å²) in [6.45, 7) is 3.74.